The molecule has 0 aliphatic rings. The number of carbonyl (C=O) groups is 2. The Morgan fingerprint density at radius 2 is 1.91 bits per heavy atom. The molecule has 0 fully saturated rings. The highest BCUT2D eigenvalue weighted by Crippen LogP contribution is 2.08. The smallest absolute Gasteiger partial charge is 0.304 e. The molecule has 1 amide bonds. The fourth-order valence-corrected chi connectivity index (χ4v) is 2.05. The first-order valence-electron chi connectivity index (χ1n) is 7.33. The first kappa shape index (κ1) is 17.7. The van der Waals surface area contributed by atoms with Gasteiger partial charge in [-0.1, -0.05) is 31.2 Å². The average Bonchev–Trinajstić information content (AvgIpc) is 2.46. The second-order valence-electron chi connectivity index (χ2n) is 5.36. The maximum Gasteiger partial charge on any atom is 0.304 e. The molecule has 0 saturated carbocycles. The fraction of sp³-hybridized carbons (Fsp3) is 0.438. The molecule has 0 aliphatic heterocycles. The Hall–Kier alpha value is -2.37. The van der Waals surface area contributed by atoms with Crippen molar-refractivity contribution in [1.29, 1.82) is 5.41 Å². The van der Waals surface area contributed by atoms with E-state index in [1.54, 1.807) is 6.92 Å². The lowest BCUT2D eigenvalue weighted by molar-refractivity contribution is -0.140. The summed E-state index contributed by atoms with van der Waals surface area (Å²) in [6.45, 7) is 2.16. The molecule has 6 heteroatoms. The fourth-order valence-electron chi connectivity index (χ4n) is 2.05. The maximum absolute atomic E-state index is 11.6. The summed E-state index contributed by atoms with van der Waals surface area (Å²) in [5.74, 6) is -1.62. The molecule has 0 unspecified atom stereocenters. The zero-order valence-electron chi connectivity index (χ0n) is 12.8. The number of unbranched alkanes of at least 4 members (excludes halogenated alkanes) is 1. The lowest BCUT2D eigenvalue weighted by atomic mass is 10.1. The van der Waals surface area contributed by atoms with E-state index in [0.717, 1.165) is 24.8 Å². The normalized spacial score (nSPS) is 11.7. The van der Waals surface area contributed by atoms with E-state index in [2.05, 4.69) is 5.32 Å². The molecular weight excluding hydrogens is 282 g/mol. The van der Waals surface area contributed by atoms with E-state index in [1.807, 2.05) is 24.3 Å². The highest BCUT2D eigenvalue weighted by atomic mass is 16.4. The van der Waals surface area contributed by atoms with Gasteiger partial charge >= 0.3 is 5.97 Å². The third kappa shape index (κ3) is 6.39. The SMILES string of the molecule is C[C@H](CC(=O)O)C(=O)NCCCCc1ccc(C(=N)N)cc1. The number of carboxylic acids is 1. The number of aliphatic carboxylic acids is 1. The zero-order chi connectivity index (χ0) is 16.5. The summed E-state index contributed by atoms with van der Waals surface area (Å²) in [5.41, 5.74) is 7.27. The molecule has 1 aromatic carbocycles. The van der Waals surface area contributed by atoms with E-state index in [0.29, 0.717) is 12.1 Å². The Bertz CT molecular complexity index is 526. The van der Waals surface area contributed by atoms with Crippen molar-refractivity contribution in [3.8, 4) is 0 Å². The van der Waals surface area contributed by atoms with Crippen molar-refractivity contribution < 1.29 is 14.7 Å². The van der Waals surface area contributed by atoms with E-state index < -0.39 is 11.9 Å². The molecule has 5 N–H and O–H groups in total. The molecule has 0 saturated heterocycles. The van der Waals surface area contributed by atoms with Gasteiger partial charge in [-0.15, -0.1) is 0 Å². The molecule has 120 valence electrons. The number of carbonyl (C=O) groups excluding carboxylic acids is 1. The molecule has 0 aromatic heterocycles. The topological polar surface area (TPSA) is 116 Å². The molecule has 0 spiro atoms. The molecule has 1 atom stereocenters. The van der Waals surface area contributed by atoms with Crippen LogP contribution in [0.5, 0.6) is 0 Å². The number of nitrogens with one attached hydrogen (secondary N) is 2. The third-order valence-corrected chi connectivity index (χ3v) is 3.38. The first-order valence-corrected chi connectivity index (χ1v) is 7.33. The van der Waals surface area contributed by atoms with Crippen LogP contribution in [0.3, 0.4) is 0 Å². The molecule has 0 heterocycles. The average molecular weight is 305 g/mol. The Kier molecular flexibility index (Phi) is 7.08. The highest BCUT2D eigenvalue weighted by Gasteiger charge is 2.15. The van der Waals surface area contributed by atoms with E-state index in [4.69, 9.17) is 16.2 Å². The van der Waals surface area contributed by atoms with Crippen LogP contribution in [0.1, 0.15) is 37.3 Å². The summed E-state index contributed by atoms with van der Waals surface area (Å²) in [5, 5.41) is 18.7. The summed E-state index contributed by atoms with van der Waals surface area (Å²) >= 11 is 0. The molecule has 6 nitrogen and oxygen atoms in total. The monoisotopic (exact) mass is 305 g/mol. The van der Waals surface area contributed by atoms with Gasteiger partial charge in [-0.2, -0.15) is 0 Å². The zero-order valence-corrected chi connectivity index (χ0v) is 12.8. The van der Waals surface area contributed by atoms with Crippen molar-refractivity contribution in [2.45, 2.75) is 32.6 Å². The summed E-state index contributed by atoms with van der Waals surface area (Å²) in [6, 6.07) is 7.55. The van der Waals surface area contributed by atoms with E-state index >= 15 is 0 Å². The predicted molar refractivity (Wildman–Crippen MR) is 84.8 cm³/mol. The number of rotatable bonds is 9. The standard InChI is InChI=1S/C16H23N3O3/c1-11(10-14(20)21)16(22)19-9-3-2-4-12-5-7-13(8-6-12)15(17)18/h5-8,11H,2-4,9-10H2,1H3,(H3,17,18)(H,19,22)(H,20,21)/t11-/m1/s1. The number of amides is 1. The minimum atomic E-state index is -0.961. The maximum atomic E-state index is 11.6. The minimum Gasteiger partial charge on any atom is -0.481 e. The van der Waals surface area contributed by atoms with Gasteiger partial charge in [0.2, 0.25) is 5.91 Å². The van der Waals surface area contributed by atoms with Gasteiger partial charge in [-0.25, -0.2) is 0 Å². The van der Waals surface area contributed by atoms with Crippen molar-refractivity contribution in [3.63, 3.8) is 0 Å². The number of hydrogen-bond acceptors (Lipinski definition) is 3. The summed E-state index contributed by atoms with van der Waals surface area (Å²) in [4.78, 5) is 22.1. The van der Waals surface area contributed by atoms with Gasteiger partial charge in [-0.3, -0.25) is 15.0 Å². The van der Waals surface area contributed by atoms with E-state index in [1.165, 1.54) is 0 Å². The van der Waals surface area contributed by atoms with Crippen LogP contribution in [0.25, 0.3) is 0 Å². The van der Waals surface area contributed by atoms with Crippen LogP contribution >= 0.6 is 0 Å². The van der Waals surface area contributed by atoms with Crippen molar-refractivity contribution >= 4 is 17.7 Å². The van der Waals surface area contributed by atoms with Crippen LogP contribution in [0.2, 0.25) is 0 Å². The number of nitrogens with two attached hydrogens (primary N) is 1. The van der Waals surface area contributed by atoms with Crippen LogP contribution in [-0.4, -0.2) is 29.4 Å². The number of benzene rings is 1. The lowest BCUT2D eigenvalue weighted by Gasteiger charge is -2.10. The highest BCUT2D eigenvalue weighted by molar-refractivity contribution is 5.94. The molecule has 1 aromatic rings. The second kappa shape index (κ2) is 8.81. The number of amidine groups is 1. The molecule has 0 radical (unpaired) electrons. The van der Waals surface area contributed by atoms with Gasteiger partial charge in [-0.05, 0) is 24.8 Å². The third-order valence-electron chi connectivity index (χ3n) is 3.38. The van der Waals surface area contributed by atoms with Crippen LogP contribution in [-0.2, 0) is 16.0 Å². The number of carboxylic acid groups (broad SMARTS) is 1. The van der Waals surface area contributed by atoms with Gasteiger partial charge in [0.15, 0.2) is 0 Å². The Morgan fingerprint density at radius 1 is 1.27 bits per heavy atom. The quantitative estimate of drug-likeness (QED) is 0.314. The number of nitrogen functional groups attached to an aromatic ring is 1. The Labute approximate surface area is 130 Å². The minimum absolute atomic E-state index is 0.0599. The van der Waals surface area contributed by atoms with Gasteiger partial charge in [0, 0.05) is 18.0 Å². The van der Waals surface area contributed by atoms with E-state index in [9.17, 15) is 9.59 Å². The van der Waals surface area contributed by atoms with Crippen LogP contribution in [0.15, 0.2) is 24.3 Å². The van der Waals surface area contributed by atoms with Gasteiger partial charge in [0.05, 0.1) is 6.42 Å². The molecule has 0 aliphatic carbocycles. The van der Waals surface area contributed by atoms with Crippen molar-refractivity contribution in [3.05, 3.63) is 35.4 Å². The molecule has 22 heavy (non-hydrogen) atoms. The second-order valence-corrected chi connectivity index (χ2v) is 5.36. The first-order chi connectivity index (χ1) is 10.4. The molecule has 0 bridgehead atoms. The number of hydrogen-bond donors (Lipinski definition) is 4. The molecular formula is C16H23N3O3. The van der Waals surface area contributed by atoms with Gasteiger partial charge in [0.25, 0.3) is 0 Å². The summed E-state index contributed by atoms with van der Waals surface area (Å²) < 4.78 is 0. The van der Waals surface area contributed by atoms with Crippen molar-refractivity contribution in [2.24, 2.45) is 11.7 Å². The Morgan fingerprint density at radius 3 is 2.45 bits per heavy atom. The van der Waals surface area contributed by atoms with Gasteiger partial charge in [0.1, 0.15) is 5.84 Å². The Balaban J connectivity index is 2.21. The predicted octanol–water partition coefficient (Wildman–Crippen LogP) is 1.52. The number of aryl methyl sites for hydroxylation is 1. The largest absolute Gasteiger partial charge is 0.481 e. The van der Waals surface area contributed by atoms with Crippen molar-refractivity contribution in [1.82, 2.24) is 5.32 Å². The van der Waals surface area contributed by atoms with Crippen LogP contribution in [0.4, 0.5) is 0 Å². The van der Waals surface area contributed by atoms with Gasteiger partial charge < -0.3 is 16.2 Å². The van der Waals surface area contributed by atoms with Crippen LogP contribution < -0.4 is 11.1 Å². The summed E-state index contributed by atoms with van der Waals surface area (Å²) in [6.07, 6.45) is 2.50. The lowest BCUT2D eigenvalue weighted by Crippen LogP contribution is -2.31. The van der Waals surface area contributed by atoms with Crippen LogP contribution in [0, 0.1) is 11.3 Å². The van der Waals surface area contributed by atoms with E-state index in [-0.39, 0.29) is 18.2 Å². The summed E-state index contributed by atoms with van der Waals surface area (Å²) in [7, 11) is 0. The molecule has 1 rings (SSSR count). The van der Waals surface area contributed by atoms with Crippen molar-refractivity contribution in [2.75, 3.05) is 6.54 Å².